The Morgan fingerprint density at radius 2 is 2.17 bits per heavy atom. The Bertz CT molecular complexity index is 445. The summed E-state index contributed by atoms with van der Waals surface area (Å²) in [7, 11) is 0. The summed E-state index contributed by atoms with van der Waals surface area (Å²) in [5, 5.41) is 9.11. The van der Waals surface area contributed by atoms with Crippen LogP contribution in [0.1, 0.15) is 43.0 Å². The number of nitrogens with two attached hydrogens (primary N) is 1. The van der Waals surface area contributed by atoms with Crippen LogP contribution in [-0.2, 0) is 0 Å². The van der Waals surface area contributed by atoms with Gasteiger partial charge in [0.2, 0.25) is 0 Å². The number of carboxylic acid groups (broad SMARTS) is 1. The van der Waals surface area contributed by atoms with Crippen LogP contribution in [0.25, 0.3) is 0 Å². The van der Waals surface area contributed by atoms with E-state index in [4.69, 9.17) is 10.8 Å². The van der Waals surface area contributed by atoms with Crippen molar-refractivity contribution in [2.75, 3.05) is 17.2 Å². The summed E-state index contributed by atoms with van der Waals surface area (Å²) in [5.74, 6) is -0.961. The fourth-order valence-electron chi connectivity index (χ4n) is 2.62. The summed E-state index contributed by atoms with van der Waals surface area (Å²) in [4.78, 5) is 13.4. The molecule has 4 nitrogen and oxygen atoms in total. The number of para-hydroxylation sites is 1. The van der Waals surface area contributed by atoms with Crippen molar-refractivity contribution in [1.29, 1.82) is 0 Å². The van der Waals surface area contributed by atoms with Crippen molar-refractivity contribution in [1.82, 2.24) is 0 Å². The van der Waals surface area contributed by atoms with Gasteiger partial charge in [-0.25, -0.2) is 4.79 Å². The molecule has 2 rings (SSSR count). The summed E-state index contributed by atoms with van der Waals surface area (Å²) >= 11 is 0. The van der Waals surface area contributed by atoms with E-state index >= 15 is 0 Å². The number of carboxylic acids is 1. The van der Waals surface area contributed by atoms with Crippen molar-refractivity contribution in [3.63, 3.8) is 0 Å². The number of nitrogen functional groups attached to an aromatic ring is 1. The summed E-state index contributed by atoms with van der Waals surface area (Å²) in [6, 6.07) is 5.67. The van der Waals surface area contributed by atoms with E-state index in [1.165, 1.54) is 12.8 Å². The Morgan fingerprint density at radius 1 is 1.39 bits per heavy atom. The molecule has 1 unspecified atom stereocenters. The molecule has 0 bridgehead atoms. The first kappa shape index (κ1) is 12.7. The predicted octanol–water partition coefficient (Wildman–Crippen LogP) is 2.74. The molecule has 0 aliphatic carbocycles. The molecular weight excluding hydrogens is 228 g/mol. The molecule has 1 heterocycles. The Hall–Kier alpha value is -1.71. The predicted molar refractivity (Wildman–Crippen MR) is 73.1 cm³/mol. The van der Waals surface area contributed by atoms with Crippen LogP contribution in [0.3, 0.4) is 0 Å². The van der Waals surface area contributed by atoms with E-state index in [2.05, 4.69) is 11.8 Å². The van der Waals surface area contributed by atoms with Gasteiger partial charge in [0, 0.05) is 12.6 Å². The molecule has 1 aromatic carbocycles. The van der Waals surface area contributed by atoms with Crippen molar-refractivity contribution >= 4 is 17.3 Å². The summed E-state index contributed by atoms with van der Waals surface area (Å²) in [6.07, 6.45) is 4.74. The minimum absolute atomic E-state index is 0.198. The van der Waals surface area contributed by atoms with Crippen molar-refractivity contribution in [3.05, 3.63) is 23.8 Å². The molecule has 1 atom stereocenters. The fraction of sp³-hybridized carbons (Fsp3) is 0.500. The van der Waals surface area contributed by atoms with E-state index in [-0.39, 0.29) is 5.56 Å². The summed E-state index contributed by atoms with van der Waals surface area (Å²) in [6.45, 7) is 3.13. The van der Waals surface area contributed by atoms with Crippen LogP contribution in [0, 0.1) is 0 Å². The van der Waals surface area contributed by atoms with Gasteiger partial charge in [-0.1, -0.05) is 18.9 Å². The van der Waals surface area contributed by atoms with Crippen molar-refractivity contribution in [3.8, 4) is 0 Å². The van der Waals surface area contributed by atoms with E-state index in [1.54, 1.807) is 12.1 Å². The van der Waals surface area contributed by atoms with Gasteiger partial charge in [0.1, 0.15) is 0 Å². The SMILES string of the molecule is CC1CCCCCN1c1cccc(C(=O)O)c1N. The lowest BCUT2D eigenvalue weighted by molar-refractivity contribution is 0.0698. The lowest BCUT2D eigenvalue weighted by Gasteiger charge is -2.30. The largest absolute Gasteiger partial charge is 0.478 e. The molecule has 0 radical (unpaired) electrons. The minimum Gasteiger partial charge on any atom is -0.478 e. The number of benzene rings is 1. The van der Waals surface area contributed by atoms with Gasteiger partial charge in [-0.3, -0.25) is 0 Å². The molecule has 0 aromatic heterocycles. The number of nitrogens with zero attached hydrogens (tertiary/aromatic N) is 1. The van der Waals surface area contributed by atoms with Gasteiger partial charge in [-0.05, 0) is 31.9 Å². The number of anilines is 2. The number of hydrogen-bond donors (Lipinski definition) is 2. The Morgan fingerprint density at radius 3 is 2.89 bits per heavy atom. The molecular formula is C14H20N2O2. The molecule has 0 saturated carbocycles. The van der Waals surface area contributed by atoms with E-state index in [0.717, 1.165) is 25.1 Å². The molecule has 1 fully saturated rings. The van der Waals surface area contributed by atoms with Crippen LogP contribution in [0.4, 0.5) is 11.4 Å². The van der Waals surface area contributed by atoms with Crippen LogP contribution in [0.5, 0.6) is 0 Å². The monoisotopic (exact) mass is 248 g/mol. The molecule has 18 heavy (non-hydrogen) atoms. The molecule has 0 spiro atoms. The number of hydrogen-bond acceptors (Lipinski definition) is 3. The first-order valence-electron chi connectivity index (χ1n) is 6.49. The molecule has 0 amide bonds. The van der Waals surface area contributed by atoms with E-state index in [1.807, 2.05) is 6.07 Å². The van der Waals surface area contributed by atoms with Crippen LogP contribution >= 0.6 is 0 Å². The smallest absolute Gasteiger partial charge is 0.337 e. The van der Waals surface area contributed by atoms with E-state index in [0.29, 0.717) is 11.7 Å². The molecule has 4 heteroatoms. The Kier molecular flexibility index (Phi) is 3.75. The molecule has 1 aromatic rings. The van der Waals surface area contributed by atoms with Crippen molar-refractivity contribution < 1.29 is 9.90 Å². The lowest BCUT2D eigenvalue weighted by atomic mass is 10.1. The zero-order chi connectivity index (χ0) is 13.1. The summed E-state index contributed by atoms with van der Waals surface area (Å²) in [5.41, 5.74) is 7.46. The summed E-state index contributed by atoms with van der Waals surface area (Å²) < 4.78 is 0. The molecule has 1 aliphatic heterocycles. The van der Waals surface area contributed by atoms with Gasteiger partial charge in [-0.2, -0.15) is 0 Å². The highest BCUT2D eigenvalue weighted by molar-refractivity contribution is 5.97. The van der Waals surface area contributed by atoms with Gasteiger partial charge in [0.25, 0.3) is 0 Å². The maximum Gasteiger partial charge on any atom is 0.337 e. The zero-order valence-electron chi connectivity index (χ0n) is 10.7. The fourth-order valence-corrected chi connectivity index (χ4v) is 2.62. The first-order chi connectivity index (χ1) is 8.61. The minimum atomic E-state index is -0.961. The Labute approximate surface area is 107 Å². The number of rotatable bonds is 2. The third kappa shape index (κ3) is 2.42. The maximum absolute atomic E-state index is 11.1. The van der Waals surface area contributed by atoms with Crippen molar-refractivity contribution in [2.24, 2.45) is 0 Å². The molecule has 1 saturated heterocycles. The highest BCUT2D eigenvalue weighted by atomic mass is 16.4. The van der Waals surface area contributed by atoms with Crippen LogP contribution in [-0.4, -0.2) is 23.7 Å². The second-order valence-corrected chi connectivity index (χ2v) is 4.94. The third-order valence-electron chi connectivity index (χ3n) is 3.68. The zero-order valence-corrected chi connectivity index (χ0v) is 10.7. The third-order valence-corrected chi connectivity index (χ3v) is 3.68. The maximum atomic E-state index is 11.1. The average Bonchev–Trinajstić information content (AvgIpc) is 2.54. The first-order valence-corrected chi connectivity index (χ1v) is 6.49. The van der Waals surface area contributed by atoms with E-state index < -0.39 is 5.97 Å². The second-order valence-electron chi connectivity index (χ2n) is 4.94. The quantitative estimate of drug-likeness (QED) is 0.790. The van der Waals surface area contributed by atoms with E-state index in [9.17, 15) is 4.79 Å². The second kappa shape index (κ2) is 5.29. The van der Waals surface area contributed by atoms with Crippen LogP contribution < -0.4 is 10.6 Å². The van der Waals surface area contributed by atoms with Gasteiger partial charge < -0.3 is 15.7 Å². The lowest BCUT2D eigenvalue weighted by Crippen LogP contribution is -2.33. The van der Waals surface area contributed by atoms with Gasteiger partial charge in [0.15, 0.2) is 0 Å². The molecule has 1 aliphatic rings. The molecule has 98 valence electrons. The normalized spacial score (nSPS) is 20.5. The van der Waals surface area contributed by atoms with Gasteiger partial charge >= 0.3 is 5.97 Å². The standard InChI is InChI=1S/C14H20N2O2/c1-10-6-3-2-4-9-16(10)12-8-5-7-11(13(12)15)14(17)18/h5,7-8,10H,2-4,6,9,15H2,1H3,(H,17,18). The number of aromatic carboxylic acids is 1. The average molecular weight is 248 g/mol. The highest BCUT2D eigenvalue weighted by Crippen LogP contribution is 2.31. The van der Waals surface area contributed by atoms with Gasteiger partial charge in [-0.15, -0.1) is 0 Å². The van der Waals surface area contributed by atoms with Crippen LogP contribution in [0.15, 0.2) is 18.2 Å². The number of carbonyl (C=O) groups is 1. The van der Waals surface area contributed by atoms with Crippen LogP contribution in [0.2, 0.25) is 0 Å². The topological polar surface area (TPSA) is 66.6 Å². The van der Waals surface area contributed by atoms with Crippen molar-refractivity contribution in [2.45, 2.75) is 38.6 Å². The highest BCUT2D eigenvalue weighted by Gasteiger charge is 2.21. The molecule has 3 N–H and O–H groups in total. The van der Waals surface area contributed by atoms with Gasteiger partial charge in [0.05, 0.1) is 16.9 Å². The Balaban J connectivity index is 2.37.